The van der Waals surface area contributed by atoms with Gasteiger partial charge >= 0.3 is 0 Å². The van der Waals surface area contributed by atoms with Gasteiger partial charge in [0.25, 0.3) is 5.56 Å². The average molecular weight is 364 g/mol. The summed E-state index contributed by atoms with van der Waals surface area (Å²) in [5.41, 5.74) is 3.68. The summed E-state index contributed by atoms with van der Waals surface area (Å²) >= 11 is 1.36. The first-order valence-electron chi connectivity index (χ1n) is 8.79. The molecule has 2 aromatic carbocycles. The Morgan fingerprint density at radius 1 is 1.15 bits per heavy atom. The van der Waals surface area contributed by atoms with Gasteiger partial charge in [0.05, 0.1) is 16.7 Å². The zero-order valence-corrected chi connectivity index (χ0v) is 15.7. The number of thioether (sulfide) groups is 1. The number of carbonyl (C=O) groups excluding carboxylic acids is 1. The lowest BCUT2D eigenvalue weighted by Crippen LogP contribution is -2.22. The molecule has 0 bridgehead atoms. The number of para-hydroxylation sites is 1. The Morgan fingerprint density at radius 3 is 2.65 bits per heavy atom. The molecule has 4 nitrogen and oxygen atoms in total. The van der Waals surface area contributed by atoms with E-state index in [1.165, 1.54) is 17.3 Å². The van der Waals surface area contributed by atoms with E-state index in [9.17, 15) is 9.59 Å². The Balaban J connectivity index is 1.64. The van der Waals surface area contributed by atoms with Crippen molar-refractivity contribution in [3.05, 3.63) is 69.5 Å². The van der Waals surface area contributed by atoms with Crippen molar-refractivity contribution >= 4 is 28.4 Å². The third-order valence-corrected chi connectivity index (χ3v) is 5.80. The second-order valence-electron chi connectivity index (χ2n) is 6.83. The summed E-state index contributed by atoms with van der Waals surface area (Å²) in [6.45, 7) is 4.04. The van der Waals surface area contributed by atoms with Gasteiger partial charge in [-0.2, -0.15) is 0 Å². The van der Waals surface area contributed by atoms with E-state index in [2.05, 4.69) is 4.98 Å². The van der Waals surface area contributed by atoms with Crippen LogP contribution in [0.2, 0.25) is 0 Å². The maximum absolute atomic E-state index is 12.9. The van der Waals surface area contributed by atoms with Gasteiger partial charge in [0.1, 0.15) is 0 Å². The zero-order valence-electron chi connectivity index (χ0n) is 14.9. The predicted octanol–water partition coefficient (Wildman–Crippen LogP) is 4.32. The number of carbonyl (C=O) groups is 1. The minimum absolute atomic E-state index is 0.000714. The van der Waals surface area contributed by atoms with Gasteiger partial charge in [0.2, 0.25) is 0 Å². The molecule has 0 aliphatic heterocycles. The fraction of sp³-hybridized carbons (Fsp3) is 0.286. The van der Waals surface area contributed by atoms with Crippen LogP contribution in [0.5, 0.6) is 0 Å². The number of hydrogen-bond acceptors (Lipinski definition) is 4. The molecule has 0 saturated heterocycles. The van der Waals surface area contributed by atoms with Crippen LogP contribution < -0.4 is 5.56 Å². The van der Waals surface area contributed by atoms with E-state index in [1.54, 1.807) is 4.57 Å². The number of nitrogens with zero attached hydrogens (tertiary/aromatic N) is 2. The second kappa shape index (κ2) is 6.72. The quantitative estimate of drug-likeness (QED) is 0.384. The van der Waals surface area contributed by atoms with Gasteiger partial charge in [-0.15, -0.1) is 0 Å². The molecule has 26 heavy (non-hydrogen) atoms. The smallest absolute Gasteiger partial charge is 0.262 e. The molecular weight excluding hydrogens is 344 g/mol. The van der Waals surface area contributed by atoms with Crippen LogP contribution in [0.15, 0.2) is 52.4 Å². The second-order valence-corrected chi connectivity index (χ2v) is 7.77. The highest BCUT2D eigenvalue weighted by Crippen LogP contribution is 2.36. The van der Waals surface area contributed by atoms with Crippen LogP contribution in [0.25, 0.3) is 10.9 Å². The van der Waals surface area contributed by atoms with E-state index in [4.69, 9.17) is 0 Å². The molecule has 1 saturated carbocycles. The molecule has 132 valence electrons. The molecule has 1 aliphatic rings. The highest BCUT2D eigenvalue weighted by molar-refractivity contribution is 7.99. The van der Waals surface area contributed by atoms with Crippen LogP contribution in [0.3, 0.4) is 0 Å². The minimum Gasteiger partial charge on any atom is -0.293 e. The lowest BCUT2D eigenvalue weighted by Gasteiger charge is -2.12. The van der Waals surface area contributed by atoms with E-state index in [1.807, 2.05) is 56.3 Å². The summed E-state index contributed by atoms with van der Waals surface area (Å²) in [5.74, 6) is 0.336. The summed E-state index contributed by atoms with van der Waals surface area (Å²) in [4.78, 5) is 30.1. The Bertz CT molecular complexity index is 1070. The minimum atomic E-state index is -0.000714. The number of hydrogen-bond donors (Lipinski definition) is 0. The fourth-order valence-electron chi connectivity index (χ4n) is 3.01. The van der Waals surface area contributed by atoms with Gasteiger partial charge < -0.3 is 0 Å². The van der Waals surface area contributed by atoms with Gasteiger partial charge in [-0.1, -0.05) is 36.0 Å². The number of Topliss-reactive ketones (excluding diaryl/α,β-unsaturated/α-hetero) is 1. The largest absolute Gasteiger partial charge is 0.293 e. The highest BCUT2D eigenvalue weighted by Gasteiger charge is 2.28. The van der Waals surface area contributed by atoms with E-state index in [-0.39, 0.29) is 23.1 Å². The molecule has 0 amide bonds. The normalized spacial score (nSPS) is 13.9. The van der Waals surface area contributed by atoms with Crippen molar-refractivity contribution in [3.63, 3.8) is 0 Å². The van der Waals surface area contributed by atoms with Gasteiger partial charge in [-0.05, 0) is 56.0 Å². The zero-order chi connectivity index (χ0) is 18.3. The molecule has 1 heterocycles. The van der Waals surface area contributed by atoms with Crippen molar-refractivity contribution in [2.24, 2.45) is 0 Å². The number of aryl methyl sites for hydroxylation is 2. The molecular formula is C21H20N2O2S. The lowest BCUT2D eigenvalue weighted by molar-refractivity contribution is 0.102. The molecule has 0 radical (unpaired) electrons. The number of aromatic nitrogens is 2. The summed E-state index contributed by atoms with van der Waals surface area (Å²) in [7, 11) is 0. The van der Waals surface area contributed by atoms with Crippen molar-refractivity contribution in [2.75, 3.05) is 5.75 Å². The van der Waals surface area contributed by atoms with Crippen LogP contribution in [0, 0.1) is 13.8 Å². The summed E-state index contributed by atoms with van der Waals surface area (Å²) < 4.78 is 1.78. The van der Waals surface area contributed by atoms with Gasteiger partial charge in [-0.3, -0.25) is 14.2 Å². The fourth-order valence-corrected chi connectivity index (χ4v) is 3.97. The SMILES string of the molecule is Cc1ccc(C(=O)CSc2nc3ccccc3c(=O)n2C2CC2)cc1C. The molecule has 3 aromatic rings. The van der Waals surface area contributed by atoms with Crippen LogP contribution in [0.1, 0.15) is 40.4 Å². The molecule has 0 atom stereocenters. The van der Waals surface area contributed by atoms with Crippen LogP contribution in [-0.4, -0.2) is 21.1 Å². The molecule has 0 unspecified atom stereocenters. The average Bonchev–Trinajstić information content (AvgIpc) is 3.47. The first-order chi connectivity index (χ1) is 12.5. The summed E-state index contributed by atoms with van der Waals surface area (Å²) in [5, 5.41) is 1.29. The van der Waals surface area contributed by atoms with Crippen LogP contribution >= 0.6 is 11.8 Å². The van der Waals surface area contributed by atoms with Crippen molar-refractivity contribution in [1.82, 2.24) is 9.55 Å². The van der Waals surface area contributed by atoms with E-state index >= 15 is 0 Å². The Hall–Kier alpha value is -2.40. The van der Waals surface area contributed by atoms with E-state index in [0.29, 0.717) is 21.6 Å². The Labute approximate surface area is 156 Å². The first-order valence-corrected chi connectivity index (χ1v) is 9.77. The molecule has 1 aliphatic carbocycles. The monoisotopic (exact) mass is 364 g/mol. The van der Waals surface area contributed by atoms with E-state index in [0.717, 1.165) is 18.4 Å². The predicted molar refractivity (Wildman–Crippen MR) is 105 cm³/mol. The number of ketones is 1. The summed E-state index contributed by atoms with van der Waals surface area (Å²) in [6, 6.07) is 13.4. The molecule has 0 N–H and O–H groups in total. The molecule has 5 heteroatoms. The van der Waals surface area contributed by atoms with Crippen molar-refractivity contribution < 1.29 is 4.79 Å². The first kappa shape index (κ1) is 17.0. The van der Waals surface area contributed by atoms with Crippen molar-refractivity contribution in [2.45, 2.75) is 37.9 Å². The lowest BCUT2D eigenvalue weighted by atomic mass is 10.0. The summed E-state index contributed by atoms with van der Waals surface area (Å²) in [6.07, 6.45) is 2.00. The highest BCUT2D eigenvalue weighted by atomic mass is 32.2. The number of benzene rings is 2. The Kier molecular flexibility index (Phi) is 4.41. The Morgan fingerprint density at radius 2 is 1.92 bits per heavy atom. The number of fused-ring (bicyclic) bond motifs is 1. The van der Waals surface area contributed by atoms with Gasteiger partial charge in [-0.25, -0.2) is 4.98 Å². The molecule has 4 rings (SSSR count). The third-order valence-electron chi connectivity index (χ3n) is 4.85. The number of rotatable bonds is 5. The van der Waals surface area contributed by atoms with Crippen molar-refractivity contribution in [1.29, 1.82) is 0 Å². The van der Waals surface area contributed by atoms with Crippen LogP contribution in [-0.2, 0) is 0 Å². The molecule has 1 fully saturated rings. The maximum Gasteiger partial charge on any atom is 0.262 e. The maximum atomic E-state index is 12.9. The van der Waals surface area contributed by atoms with E-state index < -0.39 is 0 Å². The molecule has 1 aromatic heterocycles. The topological polar surface area (TPSA) is 52.0 Å². The standard InChI is InChI=1S/C21H20N2O2S/c1-13-7-8-15(11-14(13)2)19(24)12-26-21-22-18-6-4-3-5-17(18)20(25)23(21)16-9-10-16/h3-8,11,16H,9-10,12H2,1-2H3. The third kappa shape index (κ3) is 3.19. The van der Waals surface area contributed by atoms with Crippen LogP contribution in [0.4, 0.5) is 0 Å². The van der Waals surface area contributed by atoms with Gasteiger partial charge in [0.15, 0.2) is 10.9 Å². The van der Waals surface area contributed by atoms with Gasteiger partial charge in [0, 0.05) is 11.6 Å². The molecule has 0 spiro atoms. The van der Waals surface area contributed by atoms with Crippen molar-refractivity contribution in [3.8, 4) is 0 Å².